The number of rotatable bonds is 8. The number of ether oxygens (including phenoxy) is 2. The van der Waals surface area contributed by atoms with E-state index in [0.717, 1.165) is 54.8 Å². The highest BCUT2D eigenvalue weighted by atomic mass is 16.6. The summed E-state index contributed by atoms with van der Waals surface area (Å²) < 4.78 is 10.8. The van der Waals surface area contributed by atoms with Crippen molar-refractivity contribution >= 4 is 17.3 Å². The second kappa shape index (κ2) is 10.5. The Hall–Kier alpha value is -3.49. The fraction of sp³-hybridized carbons (Fsp3) is 0.409. The van der Waals surface area contributed by atoms with E-state index < -0.39 is 4.92 Å². The molecule has 1 fully saturated rings. The summed E-state index contributed by atoms with van der Waals surface area (Å²) in [5, 5.41) is 17.6. The lowest BCUT2D eigenvalue weighted by Gasteiger charge is -2.21. The van der Waals surface area contributed by atoms with Crippen LogP contribution in [0.1, 0.15) is 18.9 Å². The van der Waals surface area contributed by atoms with Gasteiger partial charge in [0.25, 0.3) is 5.69 Å². The van der Waals surface area contributed by atoms with E-state index in [1.165, 1.54) is 12.1 Å². The summed E-state index contributed by atoms with van der Waals surface area (Å²) >= 11 is 0. The molecule has 2 N–H and O–H groups in total. The number of nitro groups is 1. The van der Waals surface area contributed by atoms with Crippen LogP contribution in [-0.4, -0.2) is 50.8 Å². The zero-order valence-corrected chi connectivity index (χ0v) is 18.1. The first-order valence-corrected chi connectivity index (χ1v) is 10.3. The molecule has 9 heteroatoms. The molecule has 0 aromatic heterocycles. The van der Waals surface area contributed by atoms with Crippen LogP contribution in [0, 0.1) is 10.1 Å². The van der Waals surface area contributed by atoms with Crippen molar-refractivity contribution in [2.75, 3.05) is 38.8 Å². The highest BCUT2D eigenvalue weighted by Gasteiger charge is 2.24. The molecular weight excluding hydrogens is 398 g/mol. The Morgan fingerprint density at radius 2 is 1.87 bits per heavy atom. The molecule has 0 saturated carbocycles. The van der Waals surface area contributed by atoms with Gasteiger partial charge in [0, 0.05) is 61.7 Å². The minimum absolute atomic E-state index is 0.0815. The van der Waals surface area contributed by atoms with Crippen LogP contribution in [0.4, 0.5) is 11.4 Å². The molecule has 0 spiro atoms. The van der Waals surface area contributed by atoms with E-state index in [4.69, 9.17) is 9.47 Å². The maximum Gasteiger partial charge on any atom is 0.269 e. The Bertz CT molecular complexity index is 894. The third kappa shape index (κ3) is 6.00. The van der Waals surface area contributed by atoms with Crippen LogP contribution in [0.2, 0.25) is 0 Å². The Morgan fingerprint density at radius 3 is 2.45 bits per heavy atom. The maximum atomic E-state index is 10.8. The van der Waals surface area contributed by atoms with Crippen molar-refractivity contribution < 1.29 is 14.4 Å². The fourth-order valence-electron chi connectivity index (χ4n) is 3.49. The van der Waals surface area contributed by atoms with E-state index in [0.29, 0.717) is 6.54 Å². The monoisotopic (exact) mass is 427 g/mol. The number of methoxy groups -OCH3 is 2. The smallest absolute Gasteiger partial charge is 0.269 e. The van der Waals surface area contributed by atoms with Gasteiger partial charge in [-0.25, -0.2) is 4.99 Å². The molecule has 1 aliphatic rings. The van der Waals surface area contributed by atoms with Crippen molar-refractivity contribution in [3.63, 3.8) is 0 Å². The molecule has 0 amide bonds. The molecule has 1 aliphatic heterocycles. The van der Waals surface area contributed by atoms with Gasteiger partial charge in [-0.1, -0.05) is 12.1 Å². The van der Waals surface area contributed by atoms with Crippen molar-refractivity contribution in [3.05, 3.63) is 58.1 Å². The van der Waals surface area contributed by atoms with Crippen LogP contribution in [-0.2, 0) is 6.54 Å². The van der Waals surface area contributed by atoms with Crippen LogP contribution >= 0.6 is 0 Å². The number of non-ortho nitro benzene ring substituents is 1. The Kier molecular flexibility index (Phi) is 7.53. The Labute approximate surface area is 182 Å². The molecule has 1 heterocycles. The summed E-state index contributed by atoms with van der Waals surface area (Å²) in [6, 6.07) is 12.6. The maximum absolute atomic E-state index is 10.8. The van der Waals surface area contributed by atoms with Crippen molar-refractivity contribution in [2.24, 2.45) is 4.99 Å². The average Bonchev–Trinajstić information content (AvgIpc) is 3.26. The summed E-state index contributed by atoms with van der Waals surface area (Å²) in [6.07, 6.45) is 0.974. The van der Waals surface area contributed by atoms with Crippen LogP contribution in [0.15, 0.2) is 47.5 Å². The van der Waals surface area contributed by atoms with E-state index in [2.05, 4.69) is 20.5 Å². The lowest BCUT2D eigenvalue weighted by Crippen LogP contribution is -2.44. The van der Waals surface area contributed by atoms with E-state index in [1.54, 1.807) is 26.4 Å². The zero-order chi connectivity index (χ0) is 22.2. The number of nitrogens with one attached hydrogen (secondary N) is 2. The number of hydrogen-bond acceptors (Lipinski definition) is 6. The van der Waals surface area contributed by atoms with Crippen molar-refractivity contribution in [1.29, 1.82) is 0 Å². The minimum atomic E-state index is -0.400. The molecule has 0 bridgehead atoms. The number of anilines is 1. The largest absolute Gasteiger partial charge is 0.497 e. The second-order valence-corrected chi connectivity index (χ2v) is 7.27. The van der Waals surface area contributed by atoms with Gasteiger partial charge in [0.15, 0.2) is 5.96 Å². The van der Waals surface area contributed by atoms with Crippen molar-refractivity contribution in [2.45, 2.75) is 25.9 Å². The number of nitrogens with zero attached hydrogens (tertiary/aromatic N) is 3. The lowest BCUT2D eigenvalue weighted by atomic mass is 10.2. The molecule has 1 saturated heterocycles. The highest BCUT2D eigenvalue weighted by Crippen LogP contribution is 2.30. The van der Waals surface area contributed by atoms with Crippen LogP contribution in [0.3, 0.4) is 0 Å². The van der Waals surface area contributed by atoms with Gasteiger partial charge < -0.3 is 25.0 Å². The highest BCUT2D eigenvalue weighted by molar-refractivity contribution is 5.80. The molecule has 1 unspecified atom stereocenters. The second-order valence-electron chi connectivity index (χ2n) is 7.27. The number of aliphatic imine (C=N–C) groups is 1. The quantitative estimate of drug-likeness (QED) is 0.289. The van der Waals surface area contributed by atoms with Gasteiger partial charge >= 0.3 is 0 Å². The molecular formula is C22H29N5O4. The Morgan fingerprint density at radius 1 is 1.19 bits per heavy atom. The predicted octanol–water partition coefficient (Wildman–Crippen LogP) is 2.95. The molecule has 9 nitrogen and oxygen atoms in total. The van der Waals surface area contributed by atoms with Gasteiger partial charge in [-0.2, -0.15) is 0 Å². The predicted molar refractivity (Wildman–Crippen MR) is 121 cm³/mol. The lowest BCUT2D eigenvalue weighted by molar-refractivity contribution is -0.384. The molecule has 1 atom stereocenters. The van der Waals surface area contributed by atoms with Gasteiger partial charge in [0.05, 0.1) is 25.7 Å². The first-order valence-electron chi connectivity index (χ1n) is 10.3. The summed E-state index contributed by atoms with van der Waals surface area (Å²) in [5.74, 6) is 2.27. The zero-order valence-electron chi connectivity index (χ0n) is 18.1. The topological polar surface area (TPSA) is 101 Å². The standard InChI is InChI=1S/C22H29N5O4/c1-4-23-22(24-14-16-5-7-18(8-6-16)27(28)29)25-17-9-10-26(15-17)19-11-20(30-2)13-21(12-19)31-3/h5-8,11-13,17H,4,9-10,14-15H2,1-3H3,(H2,23,24,25). The minimum Gasteiger partial charge on any atom is -0.497 e. The van der Waals surface area contributed by atoms with E-state index in [-0.39, 0.29) is 11.7 Å². The molecule has 0 aliphatic carbocycles. The van der Waals surface area contributed by atoms with E-state index >= 15 is 0 Å². The van der Waals surface area contributed by atoms with E-state index in [9.17, 15) is 10.1 Å². The summed E-state index contributed by atoms with van der Waals surface area (Å²) in [5.41, 5.74) is 2.06. The Balaban J connectivity index is 1.63. The third-order valence-corrected chi connectivity index (χ3v) is 5.14. The first kappa shape index (κ1) is 22.2. The van der Waals surface area contributed by atoms with Gasteiger partial charge in [-0.3, -0.25) is 10.1 Å². The van der Waals surface area contributed by atoms with Crippen molar-refractivity contribution in [1.82, 2.24) is 10.6 Å². The number of guanidine groups is 1. The number of hydrogen-bond donors (Lipinski definition) is 2. The fourth-order valence-corrected chi connectivity index (χ4v) is 3.49. The number of nitro benzene ring substituents is 1. The van der Waals surface area contributed by atoms with E-state index in [1.807, 2.05) is 25.1 Å². The summed E-state index contributed by atoms with van der Waals surface area (Å²) in [7, 11) is 3.30. The molecule has 2 aromatic carbocycles. The van der Waals surface area contributed by atoms with Crippen LogP contribution < -0.4 is 25.0 Å². The van der Waals surface area contributed by atoms with Crippen molar-refractivity contribution in [3.8, 4) is 11.5 Å². The summed E-state index contributed by atoms with van der Waals surface area (Å²) in [4.78, 5) is 17.3. The van der Waals surface area contributed by atoms with Gasteiger partial charge in [0.2, 0.25) is 0 Å². The molecule has 3 rings (SSSR count). The third-order valence-electron chi connectivity index (χ3n) is 5.14. The normalized spacial score (nSPS) is 16.2. The van der Waals surface area contributed by atoms with Crippen LogP contribution in [0.25, 0.3) is 0 Å². The van der Waals surface area contributed by atoms with Gasteiger partial charge in [-0.05, 0) is 18.9 Å². The molecule has 31 heavy (non-hydrogen) atoms. The molecule has 2 aromatic rings. The molecule has 166 valence electrons. The molecule has 0 radical (unpaired) electrons. The number of benzene rings is 2. The van der Waals surface area contributed by atoms with Gasteiger partial charge in [0.1, 0.15) is 11.5 Å². The van der Waals surface area contributed by atoms with Crippen LogP contribution in [0.5, 0.6) is 11.5 Å². The van der Waals surface area contributed by atoms with Gasteiger partial charge in [-0.15, -0.1) is 0 Å². The summed E-state index contributed by atoms with van der Waals surface area (Å²) in [6.45, 7) is 4.95. The SMILES string of the molecule is CCNC(=NCc1ccc([N+](=O)[O-])cc1)NC1CCN(c2cc(OC)cc(OC)c2)C1. The first-order chi connectivity index (χ1) is 15.0. The average molecular weight is 428 g/mol.